The number of hydrogen-bond acceptors (Lipinski definition) is 5. The Morgan fingerprint density at radius 2 is 1.16 bits per heavy atom. The molecule has 7 aromatic rings. The summed E-state index contributed by atoms with van der Waals surface area (Å²) in [7, 11) is 0. The van der Waals surface area contributed by atoms with Gasteiger partial charge in [0.2, 0.25) is 0 Å². The minimum atomic E-state index is -0.147. The van der Waals surface area contributed by atoms with Crippen molar-refractivity contribution in [1.29, 1.82) is 0 Å². The minimum absolute atomic E-state index is 0.00417. The number of anilines is 1. The molecular weight excluding hydrogens is 685 g/mol. The molecule has 0 fully saturated rings. The molecule has 3 heterocycles. The standard InChI is InChI=1S/C51H36N4O/c1-4-15-33(16-5-1)36-21-12-23-38(31-36)50-52-49(35-19-8-3-9-20-35)53-51(54-50)42-26-14-28-45-46(42)41-29-30-44-47(48(41)56-45)40-25-10-11-27-43(40)55(44)39-24-13-22-37(32-39)34-17-6-2-7-18-34/h1-24,26-32,40-41,48H,25H2. The number of fused-ring (bicyclic) bond motifs is 6. The lowest BCUT2D eigenvalue weighted by Crippen LogP contribution is -2.27. The molecule has 56 heavy (non-hydrogen) atoms. The first kappa shape index (κ1) is 32.3. The Morgan fingerprint density at radius 3 is 1.91 bits per heavy atom. The van der Waals surface area contributed by atoms with E-state index in [2.05, 4.69) is 169 Å². The fourth-order valence-corrected chi connectivity index (χ4v) is 8.85. The number of allylic oxidation sites excluding steroid dienone is 5. The van der Waals surface area contributed by atoms with Crippen LogP contribution in [0.3, 0.4) is 0 Å². The maximum absolute atomic E-state index is 7.05. The van der Waals surface area contributed by atoms with E-state index >= 15 is 0 Å². The average Bonchev–Trinajstić information content (AvgIpc) is 3.83. The molecule has 3 unspecified atom stereocenters. The van der Waals surface area contributed by atoms with Crippen molar-refractivity contribution in [3.63, 3.8) is 0 Å². The molecule has 11 rings (SSSR count). The summed E-state index contributed by atoms with van der Waals surface area (Å²) < 4.78 is 7.05. The van der Waals surface area contributed by atoms with Crippen LogP contribution in [-0.4, -0.2) is 21.1 Å². The first-order valence-electron chi connectivity index (χ1n) is 19.3. The first-order chi connectivity index (χ1) is 27.8. The lowest BCUT2D eigenvalue weighted by atomic mass is 9.78. The smallest absolute Gasteiger partial charge is 0.164 e. The number of hydrogen-bond donors (Lipinski definition) is 0. The first-order valence-corrected chi connectivity index (χ1v) is 19.3. The van der Waals surface area contributed by atoms with Gasteiger partial charge in [-0.2, -0.15) is 0 Å². The summed E-state index contributed by atoms with van der Waals surface area (Å²) in [6.45, 7) is 0. The topological polar surface area (TPSA) is 51.1 Å². The van der Waals surface area contributed by atoms with Crippen molar-refractivity contribution < 1.29 is 4.74 Å². The van der Waals surface area contributed by atoms with Gasteiger partial charge in [-0.1, -0.05) is 152 Å². The molecule has 0 bridgehead atoms. The highest BCUT2D eigenvalue weighted by atomic mass is 16.5. The number of ether oxygens (including phenoxy) is 1. The summed E-state index contributed by atoms with van der Waals surface area (Å²) in [6.07, 6.45) is 12.2. The Bertz CT molecular complexity index is 2770. The quantitative estimate of drug-likeness (QED) is 0.171. The zero-order valence-corrected chi connectivity index (χ0v) is 30.5. The molecule has 2 aliphatic heterocycles. The van der Waals surface area contributed by atoms with Crippen molar-refractivity contribution >= 4 is 5.69 Å². The molecule has 4 aliphatic rings. The molecule has 3 atom stereocenters. The molecule has 0 saturated heterocycles. The second-order valence-corrected chi connectivity index (χ2v) is 14.7. The zero-order chi connectivity index (χ0) is 37.0. The van der Waals surface area contributed by atoms with Crippen LogP contribution in [0.2, 0.25) is 0 Å². The third-order valence-corrected chi connectivity index (χ3v) is 11.4. The lowest BCUT2D eigenvalue weighted by molar-refractivity contribution is 0.244. The van der Waals surface area contributed by atoms with Gasteiger partial charge >= 0.3 is 0 Å². The van der Waals surface area contributed by atoms with Gasteiger partial charge in [-0.15, -0.1) is 0 Å². The van der Waals surface area contributed by atoms with Crippen molar-refractivity contribution in [1.82, 2.24) is 15.0 Å². The Hall–Kier alpha value is -7.11. The Balaban J connectivity index is 1.01. The van der Waals surface area contributed by atoms with Gasteiger partial charge in [0, 0.05) is 56.7 Å². The van der Waals surface area contributed by atoms with E-state index in [1.807, 2.05) is 24.3 Å². The molecule has 6 aromatic carbocycles. The van der Waals surface area contributed by atoms with E-state index in [1.165, 1.54) is 28.1 Å². The van der Waals surface area contributed by atoms with Crippen molar-refractivity contribution in [2.45, 2.75) is 18.4 Å². The predicted octanol–water partition coefficient (Wildman–Crippen LogP) is 11.9. The molecule has 1 aromatic heterocycles. The lowest BCUT2D eigenvalue weighted by Gasteiger charge is -2.27. The van der Waals surface area contributed by atoms with E-state index < -0.39 is 0 Å². The van der Waals surface area contributed by atoms with Crippen LogP contribution in [0.1, 0.15) is 17.9 Å². The monoisotopic (exact) mass is 720 g/mol. The summed E-state index contributed by atoms with van der Waals surface area (Å²) in [5.74, 6) is 3.02. The predicted molar refractivity (Wildman–Crippen MR) is 225 cm³/mol. The number of nitrogens with zero attached hydrogens (tertiary/aromatic N) is 4. The van der Waals surface area contributed by atoms with Crippen LogP contribution in [0.25, 0.3) is 56.4 Å². The van der Waals surface area contributed by atoms with Crippen molar-refractivity contribution in [2.75, 3.05) is 4.90 Å². The summed E-state index contributed by atoms with van der Waals surface area (Å²) in [4.78, 5) is 17.9. The summed E-state index contributed by atoms with van der Waals surface area (Å²) >= 11 is 0. The maximum Gasteiger partial charge on any atom is 0.164 e. The van der Waals surface area contributed by atoms with Crippen molar-refractivity contribution in [2.24, 2.45) is 5.92 Å². The van der Waals surface area contributed by atoms with Gasteiger partial charge in [-0.25, -0.2) is 15.0 Å². The third kappa shape index (κ3) is 5.43. The van der Waals surface area contributed by atoms with Gasteiger partial charge in [-0.05, 0) is 65.1 Å². The second-order valence-electron chi connectivity index (χ2n) is 14.7. The summed E-state index contributed by atoms with van der Waals surface area (Å²) in [5, 5.41) is 0. The molecule has 2 aliphatic carbocycles. The van der Waals surface area contributed by atoms with Crippen LogP contribution < -0.4 is 9.64 Å². The Labute approximate surface area is 326 Å². The van der Waals surface area contributed by atoms with Crippen LogP contribution >= 0.6 is 0 Å². The Kier molecular flexibility index (Phi) is 7.69. The van der Waals surface area contributed by atoms with E-state index in [0.717, 1.165) is 51.2 Å². The fraction of sp³-hybridized carbons (Fsp3) is 0.0784. The van der Waals surface area contributed by atoms with E-state index in [4.69, 9.17) is 19.7 Å². The molecule has 5 nitrogen and oxygen atoms in total. The zero-order valence-electron chi connectivity index (χ0n) is 30.5. The fourth-order valence-electron chi connectivity index (χ4n) is 8.85. The van der Waals surface area contributed by atoms with Crippen LogP contribution in [0.5, 0.6) is 5.75 Å². The highest BCUT2D eigenvalue weighted by molar-refractivity contribution is 5.78. The summed E-state index contributed by atoms with van der Waals surface area (Å²) in [5.41, 5.74) is 13.6. The molecule has 5 heteroatoms. The van der Waals surface area contributed by atoms with Gasteiger partial charge in [0.05, 0.1) is 0 Å². The maximum atomic E-state index is 7.05. The van der Waals surface area contributed by atoms with E-state index in [9.17, 15) is 0 Å². The van der Waals surface area contributed by atoms with Gasteiger partial charge < -0.3 is 9.64 Å². The van der Waals surface area contributed by atoms with E-state index in [0.29, 0.717) is 17.5 Å². The van der Waals surface area contributed by atoms with E-state index in [-0.39, 0.29) is 17.9 Å². The molecule has 0 spiro atoms. The molecule has 0 N–H and O–H groups in total. The normalized spacial score (nSPS) is 18.8. The second kappa shape index (κ2) is 13.3. The van der Waals surface area contributed by atoms with Crippen LogP contribution in [0.15, 0.2) is 205 Å². The van der Waals surface area contributed by atoms with Gasteiger partial charge in [0.25, 0.3) is 0 Å². The van der Waals surface area contributed by atoms with Crippen molar-refractivity contribution in [3.8, 4) is 62.2 Å². The largest absolute Gasteiger partial charge is 0.485 e. The number of aromatic nitrogens is 3. The number of rotatable bonds is 6. The average molecular weight is 721 g/mol. The highest BCUT2D eigenvalue weighted by Crippen LogP contribution is 2.56. The highest BCUT2D eigenvalue weighted by Gasteiger charge is 2.48. The van der Waals surface area contributed by atoms with Crippen LogP contribution in [0, 0.1) is 5.92 Å². The van der Waals surface area contributed by atoms with Crippen LogP contribution in [-0.2, 0) is 0 Å². The third-order valence-electron chi connectivity index (χ3n) is 11.4. The van der Waals surface area contributed by atoms with Gasteiger partial charge in [0.15, 0.2) is 17.5 Å². The molecule has 0 saturated carbocycles. The Morgan fingerprint density at radius 1 is 0.554 bits per heavy atom. The molecule has 0 radical (unpaired) electrons. The van der Waals surface area contributed by atoms with Gasteiger partial charge in [-0.3, -0.25) is 0 Å². The molecular formula is C51H36N4O. The minimum Gasteiger partial charge on any atom is -0.485 e. The van der Waals surface area contributed by atoms with Crippen molar-refractivity contribution in [3.05, 3.63) is 211 Å². The van der Waals surface area contributed by atoms with Crippen LogP contribution in [0.4, 0.5) is 5.69 Å². The van der Waals surface area contributed by atoms with E-state index in [1.54, 1.807) is 0 Å². The summed E-state index contributed by atoms with van der Waals surface area (Å²) in [6, 6.07) is 54.9. The molecule has 266 valence electrons. The number of benzene rings is 6. The molecule has 0 amide bonds. The SMILES string of the molecule is C1=CCC2C(=C1)N(c1cccc(-c3ccccc3)c1)C1=C2C2Oc3cccc(-c4nc(-c5ccccc5)nc(-c5cccc(-c6ccccc6)c5)n4)c3C2C=C1. The van der Waals surface area contributed by atoms with Gasteiger partial charge in [0.1, 0.15) is 11.9 Å².